The van der Waals surface area contributed by atoms with Crippen LogP contribution in [0.2, 0.25) is 0 Å². The molecule has 0 aromatic heterocycles. The van der Waals surface area contributed by atoms with Crippen molar-refractivity contribution in [2.45, 2.75) is 148 Å². The molecule has 3 aliphatic carbocycles. The van der Waals surface area contributed by atoms with Crippen LogP contribution < -0.4 is 0 Å². The highest BCUT2D eigenvalue weighted by Gasteiger charge is 2.58. The molecule has 0 radical (unpaired) electrons. The van der Waals surface area contributed by atoms with Gasteiger partial charge in [0.15, 0.2) is 0 Å². The number of alkyl halides is 3. The van der Waals surface area contributed by atoms with Gasteiger partial charge >= 0.3 is 12.1 Å². The fourth-order valence-corrected chi connectivity index (χ4v) is 10.3. The van der Waals surface area contributed by atoms with Crippen molar-refractivity contribution < 1.29 is 37.7 Å². The van der Waals surface area contributed by atoms with Gasteiger partial charge in [-0.1, -0.05) is 32.4 Å². The summed E-state index contributed by atoms with van der Waals surface area (Å²) in [6, 6.07) is 4.11. The molecule has 258 valence electrons. The smallest absolute Gasteiger partial charge is 0.416 e. The Hall–Kier alpha value is -1.90. The van der Waals surface area contributed by atoms with E-state index in [1.807, 2.05) is 27.7 Å². The number of hydrogen-bond donors (Lipinski definition) is 2. The van der Waals surface area contributed by atoms with Crippen molar-refractivity contribution in [3.8, 4) is 0 Å². The largest absolute Gasteiger partial charge is 0.456 e. The molecule has 1 aromatic rings. The van der Waals surface area contributed by atoms with Gasteiger partial charge in [-0.15, -0.1) is 0 Å². The van der Waals surface area contributed by atoms with Crippen molar-refractivity contribution in [1.29, 1.82) is 0 Å². The van der Waals surface area contributed by atoms with Crippen LogP contribution in [0.15, 0.2) is 35.9 Å². The second kappa shape index (κ2) is 11.9. The third-order valence-electron chi connectivity index (χ3n) is 13.1. The molecule has 9 atom stereocenters. The number of ether oxygens (including phenoxy) is 2. The first kappa shape index (κ1) is 35.4. The van der Waals surface area contributed by atoms with E-state index in [4.69, 9.17) is 9.47 Å². The molecule has 0 bridgehead atoms. The first-order valence-electron chi connectivity index (χ1n) is 17.3. The van der Waals surface area contributed by atoms with Crippen LogP contribution in [0.4, 0.5) is 13.2 Å². The van der Waals surface area contributed by atoms with E-state index in [-0.39, 0.29) is 34.3 Å². The molecule has 2 saturated carbocycles. The summed E-state index contributed by atoms with van der Waals surface area (Å²) in [5.41, 5.74) is -2.10. The van der Waals surface area contributed by atoms with Crippen molar-refractivity contribution in [3.05, 3.63) is 47.0 Å². The van der Waals surface area contributed by atoms with Crippen LogP contribution in [0, 0.1) is 34.5 Å². The van der Waals surface area contributed by atoms with Gasteiger partial charge in [-0.2, -0.15) is 13.2 Å². The Morgan fingerprint density at radius 1 is 0.891 bits per heavy atom. The minimum Gasteiger partial charge on any atom is -0.456 e. The van der Waals surface area contributed by atoms with Crippen LogP contribution in [0.5, 0.6) is 0 Å². The van der Waals surface area contributed by atoms with E-state index in [0.717, 1.165) is 56.4 Å². The highest BCUT2D eigenvalue weighted by atomic mass is 19.4. The Morgan fingerprint density at radius 2 is 1.52 bits per heavy atom. The lowest BCUT2D eigenvalue weighted by Crippen LogP contribution is -2.56. The first-order valence-corrected chi connectivity index (χ1v) is 17.3. The fourth-order valence-electron chi connectivity index (χ4n) is 10.3. The molecule has 5 rings (SSSR count). The number of carbonyl (C=O) groups excluding carboxylic acids is 1. The van der Waals surface area contributed by atoms with E-state index in [1.165, 1.54) is 5.57 Å². The lowest BCUT2D eigenvalue weighted by Gasteiger charge is -2.54. The second-order valence-corrected chi connectivity index (χ2v) is 16.9. The van der Waals surface area contributed by atoms with Gasteiger partial charge in [-0.3, -0.25) is 0 Å². The highest BCUT2D eigenvalue weighted by Crippen LogP contribution is 2.59. The van der Waals surface area contributed by atoms with Gasteiger partial charge in [-0.05, 0) is 151 Å². The summed E-state index contributed by atoms with van der Waals surface area (Å²) >= 11 is 0. The number of benzene rings is 1. The predicted molar refractivity (Wildman–Crippen MR) is 172 cm³/mol. The molecule has 1 aliphatic heterocycles. The highest BCUT2D eigenvalue weighted by molar-refractivity contribution is 5.89. The Bertz CT molecular complexity index is 1310. The van der Waals surface area contributed by atoms with Gasteiger partial charge in [0.1, 0.15) is 6.10 Å². The molecule has 0 amide bonds. The molecule has 3 fully saturated rings. The van der Waals surface area contributed by atoms with Crippen LogP contribution >= 0.6 is 0 Å². The molecule has 2 N–H and O–H groups in total. The van der Waals surface area contributed by atoms with Crippen molar-refractivity contribution >= 4 is 5.97 Å². The van der Waals surface area contributed by atoms with Crippen LogP contribution in [0.3, 0.4) is 0 Å². The van der Waals surface area contributed by atoms with Crippen molar-refractivity contribution in [2.24, 2.45) is 34.5 Å². The summed E-state index contributed by atoms with van der Waals surface area (Å²) in [5.74, 6) is 0.293. The van der Waals surface area contributed by atoms with Crippen LogP contribution in [-0.4, -0.2) is 45.2 Å². The van der Waals surface area contributed by atoms with Crippen LogP contribution in [0.1, 0.15) is 129 Å². The normalized spacial score (nSPS) is 40.6. The number of esters is 1. The SMILES string of the molecule is CC1=CC[C@H]2[C@H](CC[C@]2(C)O)C(C)(C)[C@@H]1CC[C@H]1[C@]2(C)CC[C@H](OC(=O)c3ccc(C(F)(F)F)cc3)C(C)(C)O[C@H]2CC[C@@]1(C)O. The van der Waals surface area contributed by atoms with Crippen molar-refractivity contribution in [2.75, 3.05) is 0 Å². The third-order valence-corrected chi connectivity index (χ3v) is 13.1. The molecule has 8 heteroatoms. The molecule has 0 unspecified atom stereocenters. The van der Waals surface area contributed by atoms with E-state index in [0.29, 0.717) is 37.5 Å². The molecule has 4 aliphatic rings. The maximum Gasteiger partial charge on any atom is 0.416 e. The number of aliphatic hydroxyl groups is 2. The van der Waals surface area contributed by atoms with Crippen molar-refractivity contribution in [1.82, 2.24) is 0 Å². The summed E-state index contributed by atoms with van der Waals surface area (Å²) < 4.78 is 52.0. The van der Waals surface area contributed by atoms with E-state index < -0.39 is 40.6 Å². The minimum atomic E-state index is -4.48. The lowest BCUT2D eigenvalue weighted by atomic mass is 9.55. The third kappa shape index (κ3) is 6.44. The van der Waals surface area contributed by atoms with Gasteiger partial charge in [0.2, 0.25) is 0 Å². The number of allylic oxidation sites excluding steroid dienone is 2. The zero-order valence-electron chi connectivity index (χ0n) is 29.0. The average Bonchev–Trinajstić information content (AvgIpc) is 3.16. The Morgan fingerprint density at radius 3 is 2.15 bits per heavy atom. The molecule has 46 heavy (non-hydrogen) atoms. The number of halogens is 3. The minimum absolute atomic E-state index is 0.00259. The summed E-state index contributed by atoms with van der Waals surface area (Å²) in [6.07, 6.45) is 4.15. The zero-order chi connectivity index (χ0) is 34.1. The standard InChI is InChI=1S/C38H55F3O5/c1-23-9-14-28-27(17-21-36(28,7)43)33(2,3)26(23)15-16-29-35(6)20-18-30(34(4,5)46-31(35)19-22-37(29,8)44)45-32(42)24-10-12-25(13-11-24)38(39,40)41/h9-13,26-31,43-44H,14-22H2,1-8H3/t26-,27+,28+,29+,30+,31+,35+,36+,37-/m1/s1. The number of rotatable bonds is 5. The molecular weight excluding hydrogens is 593 g/mol. The summed E-state index contributed by atoms with van der Waals surface area (Å²) in [4.78, 5) is 13.1. The Balaban J connectivity index is 1.35. The predicted octanol–water partition coefficient (Wildman–Crippen LogP) is 8.91. The van der Waals surface area contributed by atoms with Gasteiger partial charge in [-0.25, -0.2) is 4.79 Å². The number of fused-ring (bicyclic) bond motifs is 2. The first-order chi connectivity index (χ1) is 21.1. The molecule has 5 nitrogen and oxygen atoms in total. The summed E-state index contributed by atoms with van der Waals surface area (Å²) in [7, 11) is 0. The van der Waals surface area contributed by atoms with Crippen LogP contribution in [-0.2, 0) is 15.7 Å². The van der Waals surface area contributed by atoms with Gasteiger partial charge < -0.3 is 19.7 Å². The fraction of sp³-hybridized carbons (Fsp3) is 0.763. The van der Waals surface area contributed by atoms with E-state index in [9.17, 15) is 28.2 Å². The lowest BCUT2D eigenvalue weighted by molar-refractivity contribution is -0.206. The molecular formula is C38H55F3O5. The molecule has 0 spiro atoms. The second-order valence-electron chi connectivity index (χ2n) is 16.9. The average molecular weight is 649 g/mol. The topological polar surface area (TPSA) is 76.0 Å². The molecule has 1 heterocycles. The van der Waals surface area contributed by atoms with E-state index >= 15 is 0 Å². The zero-order valence-corrected chi connectivity index (χ0v) is 29.0. The number of hydrogen-bond acceptors (Lipinski definition) is 5. The summed E-state index contributed by atoms with van der Waals surface area (Å²) in [5, 5.41) is 23.1. The maximum atomic E-state index is 13.1. The monoisotopic (exact) mass is 648 g/mol. The van der Waals surface area contributed by atoms with E-state index in [2.05, 4.69) is 33.8 Å². The quantitative estimate of drug-likeness (QED) is 0.246. The van der Waals surface area contributed by atoms with E-state index in [1.54, 1.807) is 0 Å². The van der Waals surface area contributed by atoms with Crippen molar-refractivity contribution in [3.63, 3.8) is 0 Å². The molecule has 1 aromatic carbocycles. The van der Waals surface area contributed by atoms with Gasteiger partial charge in [0, 0.05) is 0 Å². The summed E-state index contributed by atoms with van der Waals surface area (Å²) in [6.45, 7) is 17.0. The maximum absolute atomic E-state index is 13.1. The molecule has 1 saturated heterocycles. The van der Waals surface area contributed by atoms with Gasteiger partial charge in [0.05, 0.1) is 34.0 Å². The Kier molecular flexibility index (Phi) is 9.16. The van der Waals surface area contributed by atoms with Gasteiger partial charge in [0.25, 0.3) is 0 Å². The van der Waals surface area contributed by atoms with Crippen LogP contribution in [0.25, 0.3) is 0 Å². The Labute approximate surface area is 273 Å². The number of carbonyl (C=O) groups is 1.